The van der Waals surface area contributed by atoms with Crippen molar-refractivity contribution in [3.63, 3.8) is 0 Å². The van der Waals surface area contributed by atoms with Crippen molar-refractivity contribution in [3.05, 3.63) is 0 Å². The van der Waals surface area contributed by atoms with Gasteiger partial charge in [0, 0.05) is 26.2 Å². The van der Waals surface area contributed by atoms with Crippen LogP contribution in [-0.4, -0.2) is 50.3 Å². The molecule has 0 spiro atoms. The Hall–Kier alpha value is -0.120. The first-order valence-corrected chi connectivity index (χ1v) is 6.24. The Kier molecular flexibility index (Phi) is 6.22. The Bertz CT molecular complexity index is 164. The van der Waals surface area contributed by atoms with Gasteiger partial charge in [-0.1, -0.05) is 6.92 Å². The van der Waals surface area contributed by atoms with E-state index in [9.17, 15) is 0 Å². The number of hydrogen-bond acceptors (Lipinski definition) is 3. The third-order valence-electron chi connectivity index (χ3n) is 3.18. The second-order valence-corrected chi connectivity index (χ2v) is 4.59. The fraction of sp³-hybridized carbons (Fsp3) is 1.00. The Labute approximate surface area is 94.2 Å². The molecule has 1 rings (SSSR count). The minimum absolute atomic E-state index is 0.476. The summed E-state index contributed by atoms with van der Waals surface area (Å²) in [6.45, 7) is 9.17. The fourth-order valence-electron chi connectivity index (χ4n) is 2.06. The van der Waals surface area contributed by atoms with Crippen molar-refractivity contribution in [2.45, 2.75) is 45.3 Å². The van der Waals surface area contributed by atoms with Gasteiger partial charge in [0.05, 0.1) is 6.10 Å². The lowest BCUT2D eigenvalue weighted by atomic mass is 10.2. The maximum atomic E-state index is 5.36. The largest absolute Gasteiger partial charge is 0.380 e. The highest BCUT2D eigenvalue weighted by molar-refractivity contribution is 4.76. The van der Waals surface area contributed by atoms with E-state index < -0.39 is 0 Å². The molecule has 1 N–H and O–H groups in total. The van der Waals surface area contributed by atoms with E-state index in [-0.39, 0.29) is 0 Å². The topological polar surface area (TPSA) is 24.5 Å². The number of nitrogens with one attached hydrogen (secondary N) is 1. The van der Waals surface area contributed by atoms with E-state index in [0.29, 0.717) is 12.1 Å². The molecule has 3 heteroatoms. The number of ether oxygens (including phenoxy) is 1. The van der Waals surface area contributed by atoms with Gasteiger partial charge < -0.3 is 15.0 Å². The van der Waals surface area contributed by atoms with E-state index in [1.165, 1.54) is 32.4 Å². The molecule has 90 valence electrons. The summed E-state index contributed by atoms with van der Waals surface area (Å²) in [6, 6.07) is 0.645. The summed E-state index contributed by atoms with van der Waals surface area (Å²) in [5, 5.41) is 3.52. The molecule has 15 heavy (non-hydrogen) atoms. The first kappa shape index (κ1) is 12.9. The summed E-state index contributed by atoms with van der Waals surface area (Å²) in [7, 11) is 1.82. The Morgan fingerprint density at radius 3 is 2.93 bits per heavy atom. The molecule has 0 bridgehead atoms. The Balaban J connectivity index is 2.04. The zero-order chi connectivity index (χ0) is 11.1. The van der Waals surface area contributed by atoms with Gasteiger partial charge in [0.2, 0.25) is 0 Å². The standard InChI is InChI=1S/C12H26N2O/c1-4-7-13-11(2)5-8-14-9-6-12(10-14)15-3/h11-13H,4-10H2,1-3H3. The lowest BCUT2D eigenvalue weighted by Crippen LogP contribution is -2.32. The minimum atomic E-state index is 0.476. The molecule has 0 saturated carbocycles. The van der Waals surface area contributed by atoms with Crippen LogP contribution in [0.3, 0.4) is 0 Å². The summed E-state index contributed by atoms with van der Waals surface area (Å²) < 4.78 is 5.36. The van der Waals surface area contributed by atoms with Crippen molar-refractivity contribution in [3.8, 4) is 0 Å². The molecule has 1 heterocycles. The average molecular weight is 214 g/mol. The molecule has 0 aromatic carbocycles. The molecule has 0 aliphatic carbocycles. The lowest BCUT2D eigenvalue weighted by Gasteiger charge is -2.19. The van der Waals surface area contributed by atoms with Gasteiger partial charge in [0.1, 0.15) is 0 Å². The van der Waals surface area contributed by atoms with E-state index in [4.69, 9.17) is 4.74 Å². The lowest BCUT2D eigenvalue weighted by molar-refractivity contribution is 0.107. The van der Waals surface area contributed by atoms with Crippen molar-refractivity contribution in [1.82, 2.24) is 10.2 Å². The maximum Gasteiger partial charge on any atom is 0.0710 e. The monoisotopic (exact) mass is 214 g/mol. The highest BCUT2D eigenvalue weighted by atomic mass is 16.5. The minimum Gasteiger partial charge on any atom is -0.380 e. The first-order valence-electron chi connectivity index (χ1n) is 6.24. The third kappa shape index (κ3) is 4.96. The van der Waals surface area contributed by atoms with Gasteiger partial charge >= 0.3 is 0 Å². The van der Waals surface area contributed by atoms with Crippen LogP contribution in [0.5, 0.6) is 0 Å². The maximum absolute atomic E-state index is 5.36. The van der Waals surface area contributed by atoms with Gasteiger partial charge in [-0.2, -0.15) is 0 Å². The predicted molar refractivity (Wildman–Crippen MR) is 64.2 cm³/mol. The molecule has 2 unspecified atom stereocenters. The second kappa shape index (κ2) is 7.20. The number of nitrogens with zero attached hydrogens (tertiary/aromatic N) is 1. The summed E-state index contributed by atoms with van der Waals surface area (Å²) in [6.07, 6.45) is 4.15. The molecule has 2 atom stereocenters. The summed E-state index contributed by atoms with van der Waals surface area (Å²) in [5.41, 5.74) is 0. The zero-order valence-corrected chi connectivity index (χ0v) is 10.5. The number of methoxy groups -OCH3 is 1. The molecule has 1 aliphatic rings. The van der Waals surface area contributed by atoms with Gasteiger partial charge in [-0.25, -0.2) is 0 Å². The van der Waals surface area contributed by atoms with Gasteiger partial charge in [-0.05, 0) is 39.3 Å². The van der Waals surface area contributed by atoms with Gasteiger partial charge in [0.25, 0.3) is 0 Å². The van der Waals surface area contributed by atoms with Crippen LogP contribution in [0, 0.1) is 0 Å². The van der Waals surface area contributed by atoms with Gasteiger partial charge in [-0.15, -0.1) is 0 Å². The molecule has 0 radical (unpaired) electrons. The Morgan fingerprint density at radius 1 is 1.53 bits per heavy atom. The zero-order valence-electron chi connectivity index (χ0n) is 10.5. The van der Waals surface area contributed by atoms with Crippen LogP contribution < -0.4 is 5.32 Å². The molecule has 1 fully saturated rings. The number of hydrogen-bond donors (Lipinski definition) is 1. The van der Waals surface area contributed by atoms with E-state index >= 15 is 0 Å². The van der Waals surface area contributed by atoms with E-state index in [2.05, 4.69) is 24.1 Å². The van der Waals surface area contributed by atoms with Crippen LogP contribution in [0.25, 0.3) is 0 Å². The molecule has 1 saturated heterocycles. The van der Waals surface area contributed by atoms with Crippen molar-refractivity contribution >= 4 is 0 Å². The number of likely N-dealkylation sites (tertiary alicyclic amines) is 1. The van der Waals surface area contributed by atoms with Crippen molar-refractivity contribution in [2.24, 2.45) is 0 Å². The molecular weight excluding hydrogens is 188 g/mol. The predicted octanol–water partition coefficient (Wildman–Crippen LogP) is 1.49. The van der Waals surface area contributed by atoms with Gasteiger partial charge in [0.15, 0.2) is 0 Å². The summed E-state index contributed by atoms with van der Waals surface area (Å²) in [4.78, 5) is 2.51. The average Bonchev–Trinajstić information content (AvgIpc) is 2.71. The van der Waals surface area contributed by atoms with Crippen LogP contribution in [0.15, 0.2) is 0 Å². The van der Waals surface area contributed by atoms with Crippen molar-refractivity contribution in [1.29, 1.82) is 0 Å². The van der Waals surface area contributed by atoms with E-state index in [1.54, 1.807) is 0 Å². The SMILES string of the molecule is CCCNC(C)CCN1CCC(OC)C1. The smallest absolute Gasteiger partial charge is 0.0710 e. The van der Waals surface area contributed by atoms with Crippen LogP contribution in [-0.2, 0) is 4.74 Å². The third-order valence-corrected chi connectivity index (χ3v) is 3.18. The van der Waals surface area contributed by atoms with Crippen LogP contribution >= 0.6 is 0 Å². The van der Waals surface area contributed by atoms with Crippen LogP contribution in [0.4, 0.5) is 0 Å². The summed E-state index contributed by atoms with van der Waals surface area (Å²) >= 11 is 0. The molecule has 0 amide bonds. The van der Waals surface area contributed by atoms with Crippen molar-refractivity contribution < 1.29 is 4.74 Å². The van der Waals surface area contributed by atoms with Crippen LogP contribution in [0.1, 0.15) is 33.1 Å². The molecular formula is C12H26N2O. The molecule has 1 aliphatic heterocycles. The van der Waals surface area contributed by atoms with E-state index in [1.807, 2.05) is 7.11 Å². The highest BCUT2D eigenvalue weighted by Crippen LogP contribution is 2.12. The molecule has 3 nitrogen and oxygen atoms in total. The normalized spacial score (nSPS) is 24.6. The highest BCUT2D eigenvalue weighted by Gasteiger charge is 2.21. The van der Waals surface area contributed by atoms with Crippen LogP contribution in [0.2, 0.25) is 0 Å². The van der Waals surface area contributed by atoms with Crippen molar-refractivity contribution in [2.75, 3.05) is 33.3 Å². The second-order valence-electron chi connectivity index (χ2n) is 4.59. The van der Waals surface area contributed by atoms with E-state index in [0.717, 1.165) is 13.1 Å². The number of rotatable bonds is 7. The Morgan fingerprint density at radius 2 is 2.33 bits per heavy atom. The quantitative estimate of drug-likeness (QED) is 0.695. The molecule has 0 aromatic heterocycles. The fourth-order valence-corrected chi connectivity index (χ4v) is 2.06. The first-order chi connectivity index (χ1) is 7.26. The van der Waals surface area contributed by atoms with Gasteiger partial charge in [-0.3, -0.25) is 0 Å². The summed E-state index contributed by atoms with van der Waals surface area (Å²) in [5.74, 6) is 0. The molecule has 0 aromatic rings.